The molecule has 0 unspecified atom stereocenters. The molecule has 1 aromatic rings. The monoisotopic (exact) mass is 276 g/mol. The molecular formula is C16H24N2O2. The van der Waals surface area contributed by atoms with Gasteiger partial charge in [-0.2, -0.15) is 0 Å². The number of rotatable bonds is 8. The number of hydrogen-bond donors (Lipinski definition) is 1. The smallest absolute Gasteiger partial charge is 0.226 e. The van der Waals surface area contributed by atoms with Crippen LogP contribution in [0, 0.1) is 5.92 Å². The Hall–Kier alpha value is -1.71. The standard InChI is InChI=1S/C16H24N2O2/c1-2-10-18(12-13-7-8-13)16(19)9-11-20-15-6-4-3-5-14(15)17/h3-6,13H,2,7-12,17H2,1H3. The molecule has 110 valence electrons. The van der Waals surface area contributed by atoms with E-state index >= 15 is 0 Å². The fourth-order valence-corrected chi connectivity index (χ4v) is 2.22. The lowest BCUT2D eigenvalue weighted by molar-refractivity contribution is -0.132. The van der Waals surface area contributed by atoms with Crippen LogP contribution in [-0.4, -0.2) is 30.5 Å². The van der Waals surface area contributed by atoms with Crippen LogP contribution in [0.3, 0.4) is 0 Å². The van der Waals surface area contributed by atoms with Gasteiger partial charge in [0.1, 0.15) is 5.75 Å². The van der Waals surface area contributed by atoms with Crippen molar-refractivity contribution in [2.45, 2.75) is 32.6 Å². The van der Waals surface area contributed by atoms with Gasteiger partial charge in [0.25, 0.3) is 0 Å². The molecule has 0 bridgehead atoms. The topological polar surface area (TPSA) is 55.6 Å². The molecular weight excluding hydrogens is 252 g/mol. The fourth-order valence-electron chi connectivity index (χ4n) is 2.22. The SMILES string of the molecule is CCCN(CC1CC1)C(=O)CCOc1ccccc1N. The first kappa shape index (κ1) is 14.7. The van der Waals surface area contributed by atoms with Gasteiger partial charge in [0.2, 0.25) is 5.91 Å². The van der Waals surface area contributed by atoms with Crippen molar-refractivity contribution < 1.29 is 9.53 Å². The van der Waals surface area contributed by atoms with E-state index in [1.54, 1.807) is 6.07 Å². The van der Waals surface area contributed by atoms with Crippen LogP contribution in [0.25, 0.3) is 0 Å². The van der Waals surface area contributed by atoms with Crippen LogP contribution < -0.4 is 10.5 Å². The molecule has 1 amide bonds. The predicted molar refractivity (Wildman–Crippen MR) is 80.6 cm³/mol. The van der Waals surface area contributed by atoms with E-state index in [0.29, 0.717) is 24.5 Å². The molecule has 0 saturated heterocycles. The van der Waals surface area contributed by atoms with E-state index in [-0.39, 0.29) is 5.91 Å². The average Bonchev–Trinajstić information content (AvgIpc) is 3.24. The summed E-state index contributed by atoms with van der Waals surface area (Å²) in [5.74, 6) is 1.58. The summed E-state index contributed by atoms with van der Waals surface area (Å²) in [5.41, 5.74) is 6.41. The Morgan fingerprint density at radius 1 is 1.40 bits per heavy atom. The highest BCUT2D eigenvalue weighted by molar-refractivity contribution is 5.76. The summed E-state index contributed by atoms with van der Waals surface area (Å²) >= 11 is 0. The van der Waals surface area contributed by atoms with Gasteiger partial charge in [-0.05, 0) is 37.3 Å². The number of nitrogens with zero attached hydrogens (tertiary/aromatic N) is 1. The van der Waals surface area contributed by atoms with Crippen molar-refractivity contribution in [2.75, 3.05) is 25.4 Å². The summed E-state index contributed by atoms with van der Waals surface area (Å²) in [6.45, 7) is 4.26. The highest BCUT2D eigenvalue weighted by Gasteiger charge is 2.26. The number of carbonyl (C=O) groups excluding carboxylic acids is 1. The Bertz CT molecular complexity index is 444. The summed E-state index contributed by atoms with van der Waals surface area (Å²) < 4.78 is 5.58. The van der Waals surface area contributed by atoms with Gasteiger partial charge >= 0.3 is 0 Å². The van der Waals surface area contributed by atoms with E-state index in [4.69, 9.17) is 10.5 Å². The van der Waals surface area contributed by atoms with Gasteiger partial charge < -0.3 is 15.4 Å². The van der Waals surface area contributed by atoms with Gasteiger partial charge in [-0.15, -0.1) is 0 Å². The first-order valence-electron chi connectivity index (χ1n) is 7.45. The zero-order valence-electron chi connectivity index (χ0n) is 12.2. The summed E-state index contributed by atoms with van der Waals surface area (Å²) in [5, 5.41) is 0. The van der Waals surface area contributed by atoms with Gasteiger partial charge in [0.15, 0.2) is 0 Å². The number of hydrogen-bond acceptors (Lipinski definition) is 3. The molecule has 1 aromatic carbocycles. The Morgan fingerprint density at radius 3 is 2.80 bits per heavy atom. The van der Waals surface area contributed by atoms with Crippen molar-refractivity contribution in [3.8, 4) is 5.75 Å². The number of nitrogen functional groups attached to an aromatic ring is 1. The van der Waals surface area contributed by atoms with E-state index in [1.165, 1.54) is 12.8 Å². The van der Waals surface area contributed by atoms with E-state index in [0.717, 1.165) is 25.4 Å². The number of benzene rings is 1. The minimum absolute atomic E-state index is 0.188. The van der Waals surface area contributed by atoms with Gasteiger partial charge in [-0.1, -0.05) is 19.1 Å². The molecule has 1 aliphatic rings. The molecule has 0 radical (unpaired) electrons. The third kappa shape index (κ3) is 4.44. The molecule has 1 aliphatic carbocycles. The molecule has 1 fully saturated rings. The molecule has 0 spiro atoms. The molecule has 0 aliphatic heterocycles. The first-order chi connectivity index (χ1) is 9.70. The molecule has 20 heavy (non-hydrogen) atoms. The minimum atomic E-state index is 0.188. The van der Waals surface area contributed by atoms with E-state index in [2.05, 4.69) is 6.92 Å². The molecule has 0 aromatic heterocycles. The van der Waals surface area contributed by atoms with E-state index in [1.807, 2.05) is 23.1 Å². The molecule has 0 atom stereocenters. The van der Waals surface area contributed by atoms with Gasteiger partial charge in [-0.3, -0.25) is 4.79 Å². The maximum absolute atomic E-state index is 12.2. The fraction of sp³-hybridized carbons (Fsp3) is 0.562. The van der Waals surface area contributed by atoms with Crippen LogP contribution in [-0.2, 0) is 4.79 Å². The number of carbonyl (C=O) groups is 1. The van der Waals surface area contributed by atoms with Crippen LogP contribution in [0.5, 0.6) is 5.75 Å². The van der Waals surface area contributed by atoms with Crippen molar-refractivity contribution in [2.24, 2.45) is 5.92 Å². The normalized spacial score (nSPS) is 14.1. The molecule has 2 rings (SSSR count). The van der Waals surface area contributed by atoms with Gasteiger partial charge in [-0.25, -0.2) is 0 Å². The number of nitrogens with two attached hydrogens (primary N) is 1. The zero-order chi connectivity index (χ0) is 14.4. The lowest BCUT2D eigenvalue weighted by Gasteiger charge is -2.22. The number of amides is 1. The van der Waals surface area contributed by atoms with Gasteiger partial charge in [0, 0.05) is 13.1 Å². The Kier molecular flexibility index (Phi) is 5.27. The second kappa shape index (κ2) is 7.17. The number of para-hydroxylation sites is 2. The highest BCUT2D eigenvalue weighted by atomic mass is 16.5. The summed E-state index contributed by atoms with van der Waals surface area (Å²) in [6.07, 6.45) is 3.96. The zero-order valence-corrected chi connectivity index (χ0v) is 12.2. The second-order valence-electron chi connectivity index (χ2n) is 5.42. The number of anilines is 1. The largest absolute Gasteiger partial charge is 0.491 e. The van der Waals surface area contributed by atoms with Crippen LogP contribution in [0.2, 0.25) is 0 Å². The summed E-state index contributed by atoms with van der Waals surface area (Å²) in [4.78, 5) is 14.2. The summed E-state index contributed by atoms with van der Waals surface area (Å²) in [6, 6.07) is 7.37. The van der Waals surface area contributed by atoms with Crippen LogP contribution in [0.15, 0.2) is 24.3 Å². The molecule has 2 N–H and O–H groups in total. The van der Waals surface area contributed by atoms with E-state index in [9.17, 15) is 4.79 Å². The first-order valence-corrected chi connectivity index (χ1v) is 7.45. The lowest BCUT2D eigenvalue weighted by atomic mass is 10.3. The van der Waals surface area contributed by atoms with Crippen molar-refractivity contribution in [3.63, 3.8) is 0 Å². The second-order valence-corrected chi connectivity index (χ2v) is 5.42. The highest BCUT2D eigenvalue weighted by Crippen LogP contribution is 2.30. The van der Waals surface area contributed by atoms with Crippen molar-refractivity contribution in [3.05, 3.63) is 24.3 Å². The summed E-state index contributed by atoms with van der Waals surface area (Å²) in [7, 11) is 0. The molecule has 1 saturated carbocycles. The average molecular weight is 276 g/mol. The molecule has 4 heteroatoms. The third-order valence-corrected chi connectivity index (χ3v) is 3.51. The third-order valence-electron chi connectivity index (χ3n) is 3.51. The van der Waals surface area contributed by atoms with Crippen molar-refractivity contribution in [1.82, 2.24) is 4.90 Å². The Balaban J connectivity index is 1.76. The molecule has 4 nitrogen and oxygen atoms in total. The Labute approximate surface area is 120 Å². The van der Waals surface area contributed by atoms with Crippen LogP contribution in [0.1, 0.15) is 32.6 Å². The maximum Gasteiger partial charge on any atom is 0.226 e. The minimum Gasteiger partial charge on any atom is -0.491 e. The van der Waals surface area contributed by atoms with Crippen molar-refractivity contribution >= 4 is 11.6 Å². The number of ether oxygens (including phenoxy) is 1. The lowest BCUT2D eigenvalue weighted by Crippen LogP contribution is -2.34. The Morgan fingerprint density at radius 2 is 2.15 bits per heavy atom. The molecule has 0 heterocycles. The van der Waals surface area contributed by atoms with Crippen molar-refractivity contribution in [1.29, 1.82) is 0 Å². The van der Waals surface area contributed by atoms with Crippen LogP contribution >= 0.6 is 0 Å². The predicted octanol–water partition coefficient (Wildman–Crippen LogP) is 2.69. The van der Waals surface area contributed by atoms with Crippen LogP contribution in [0.4, 0.5) is 5.69 Å². The van der Waals surface area contributed by atoms with E-state index < -0.39 is 0 Å². The maximum atomic E-state index is 12.2. The van der Waals surface area contributed by atoms with Gasteiger partial charge in [0.05, 0.1) is 18.7 Å². The quantitative estimate of drug-likeness (QED) is 0.743.